The SMILES string of the molecule is CCC(=O)Nc1ccc(S(=O)(=O)NCc2ccc3c(c2)N(C(=O)c2ccc(C)cc2)CC3)cc1. The van der Waals surface area contributed by atoms with E-state index in [2.05, 4.69) is 10.0 Å². The van der Waals surface area contributed by atoms with Crippen LogP contribution in [0.25, 0.3) is 0 Å². The molecule has 0 saturated heterocycles. The Morgan fingerprint density at radius 3 is 2.35 bits per heavy atom. The molecule has 8 heteroatoms. The zero-order chi connectivity index (χ0) is 24.3. The molecule has 0 fully saturated rings. The highest BCUT2D eigenvalue weighted by atomic mass is 32.2. The monoisotopic (exact) mass is 477 g/mol. The summed E-state index contributed by atoms with van der Waals surface area (Å²) >= 11 is 0. The summed E-state index contributed by atoms with van der Waals surface area (Å²) in [7, 11) is -3.74. The standard InChI is InChI=1S/C26H27N3O4S/c1-3-25(30)28-22-10-12-23(13-11-22)34(32,33)27-17-19-6-9-20-14-15-29(24(20)16-19)26(31)21-7-4-18(2)5-8-21/h4-13,16,27H,3,14-15,17H2,1-2H3,(H,28,30). The Hall–Kier alpha value is -3.49. The second kappa shape index (κ2) is 9.79. The molecule has 1 aliphatic rings. The van der Waals surface area contributed by atoms with Gasteiger partial charge in [0.25, 0.3) is 5.91 Å². The van der Waals surface area contributed by atoms with Crippen molar-refractivity contribution in [3.8, 4) is 0 Å². The van der Waals surface area contributed by atoms with E-state index in [0.29, 0.717) is 24.2 Å². The van der Waals surface area contributed by atoms with Crippen molar-refractivity contribution in [2.45, 2.75) is 38.1 Å². The third kappa shape index (κ3) is 5.18. The summed E-state index contributed by atoms with van der Waals surface area (Å²) in [6.07, 6.45) is 1.11. The van der Waals surface area contributed by atoms with Gasteiger partial charge in [-0.25, -0.2) is 13.1 Å². The van der Waals surface area contributed by atoms with Crippen LogP contribution in [0, 0.1) is 6.92 Å². The molecule has 3 aromatic rings. The number of carbonyl (C=O) groups is 2. The number of anilines is 2. The molecule has 176 valence electrons. The van der Waals surface area contributed by atoms with E-state index in [4.69, 9.17) is 0 Å². The normalized spacial score (nSPS) is 12.9. The molecule has 0 radical (unpaired) electrons. The van der Waals surface area contributed by atoms with Crippen molar-refractivity contribution >= 4 is 33.2 Å². The molecule has 4 rings (SSSR count). The fourth-order valence-electron chi connectivity index (χ4n) is 3.83. The van der Waals surface area contributed by atoms with Crippen molar-refractivity contribution in [1.29, 1.82) is 0 Å². The minimum absolute atomic E-state index is 0.0632. The van der Waals surface area contributed by atoms with E-state index in [9.17, 15) is 18.0 Å². The zero-order valence-electron chi connectivity index (χ0n) is 19.2. The van der Waals surface area contributed by atoms with Gasteiger partial charge in [0.1, 0.15) is 0 Å². The lowest BCUT2D eigenvalue weighted by Gasteiger charge is -2.18. The molecule has 0 bridgehead atoms. The molecule has 1 heterocycles. The van der Waals surface area contributed by atoms with Gasteiger partial charge in [-0.2, -0.15) is 0 Å². The molecule has 2 amide bonds. The van der Waals surface area contributed by atoms with Gasteiger partial charge in [-0.05, 0) is 66.9 Å². The second-order valence-electron chi connectivity index (χ2n) is 8.29. The quantitative estimate of drug-likeness (QED) is 0.537. The summed E-state index contributed by atoms with van der Waals surface area (Å²) in [4.78, 5) is 26.4. The largest absolute Gasteiger partial charge is 0.326 e. The van der Waals surface area contributed by atoms with Crippen LogP contribution in [0.5, 0.6) is 0 Å². The first-order chi connectivity index (χ1) is 16.3. The van der Waals surface area contributed by atoms with Crippen LogP contribution in [0.4, 0.5) is 11.4 Å². The van der Waals surface area contributed by atoms with E-state index in [1.165, 1.54) is 12.1 Å². The molecule has 2 N–H and O–H groups in total. The first-order valence-electron chi connectivity index (χ1n) is 11.2. The third-order valence-corrected chi connectivity index (χ3v) is 7.24. The predicted molar refractivity (Wildman–Crippen MR) is 132 cm³/mol. The Morgan fingerprint density at radius 2 is 1.68 bits per heavy atom. The number of sulfonamides is 1. The Labute approximate surface area is 199 Å². The van der Waals surface area contributed by atoms with Gasteiger partial charge < -0.3 is 10.2 Å². The third-order valence-electron chi connectivity index (χ3n) is 5.82. The van der Waals surface area contributed by atoms with Gasteiger partial charge in [0, 0.05) is 36.4 Å². The summed E-state index contributed by atoms with van der Waals surface area (Å²) in [5.41, 5.74) is 4.91. The van der Waals surface area contributed by atoms with Crippen LogP contribution < -0.4 is 14.9 Å². The number of hydrogen-bond acceptors (Lipinski definition) is 4. The van der Waals surface area contributed by atoms with E-state index >= 15 is 0 Å². The number of amides is 2. The average molecular weight is 478 g/mol. The highest BCUT2D eigenvalue weighted by molar-refractivity contribution is 7.89. The number of carbonyl (C=O) groups excluding carboxylic acids is 2. The van der Waals surface area contributed by atoms with Crippen LogP contribution in [0.1, 0.15) is 40.4 Å². The molecule has 0 atom stereocenters. The topological polar surface area (TPSA) is 95.6 Å². The van der Waals surface area contributed by atoms with Gasteiger partial charge in [-0.1, -0.05) is 36.8 Å². The number of fused-ring (bicyclic) bond motifs is 1. The van der Waals surface area contributed by atoms with Crippen LogP contribution in [-0.4, -0.2) is 26.8 Å². The highest BCUT2D eigenvalue weighted by Crippen LogP contribution is 2.30. The van der Waals surface area contributed by atoms with Crippen molar-refractivity contribution in [3.05, 3.63) is 89.0 Å². The van der Waals surface area contributed by atoms with E-state index in [1.54, 1.807) is 24.0 Å². The maximum absolute atomic E-state index is 13.0. The van der Waals surface area contributed by atoms with Crippen LogP contribution >= 0.6 is 0 Å². The Bertz CT molecular complexity index is 1320. The smallest absolute Gasteiger partial charge is 0.258 e. The fourth-order valence-corrected chi connectivity index (χ4v) is 4.84. The first kappa shape index (κ1) is 23.7. The first-order valence-corrected chi connectivity index (χ1v) is 12.6. The number of rotatable bonds is 7. The van der Waals surface area contributed by atoms with Crippen LogP contribution in [0.3, 0.4) is 0 Å². The van der Waals surface area contributed by atoms with Crippen molar-refractivity contribution < 1.29 is 18.0 Å². The molecule has 0 unspecified atom stereocenters. The van der Waals surface area contributed by atoms with Gasteiger partial charge in [0.15, 0.2) is 0 Å². The van der Waals surface area contributed by atoms with E-state index in [0.717, 1.165) is 28.8 Å². The Morgan fingerprint density at radius 1 is 0.971 bits per heavy atom. The van der Waals surface area contributed by atoms with Crippen molar-refractivity contribution in [1.82, 2.24) is 4.72 Å². The number of aryl methyl sites for hydroxylation is 1. The lowest BCUT2D eigenvalue weighted by Crippen LogP contribution is -2.29. The van der Waals surface area contributed by atoms with Crippen molar-refractivity contribution in [2.75, 3.05) is 16.8 Å². The fraction of sp³-hybridized carbons (Fsp3) is 0.231. The summed E-state index contributed by atoms with van der Waals surface area (Å²) < 4.78 is 28.1. The number of benzene rings is 3. The Balaban J connectivity index is 1.46. The minimum atomic E-state index is -3.74. The van der Waals surface area contributed by atoms with Gasteiger partial charge in [-0.3, -0.25) is 9.59 Å². The zero-order valence-corrected chi connectivity index (χ0v) is 20.0. The van der Waals surface area contributed by atoms with E-state index in [-0.39, 0.29) is 23.3 Å². The summed E-state index contributed by atoms with van der Waals surface area (Å²) in [6, 6.07) is 19.2. The highest BCUT2D eigenvalue weighted by Gasteiger charge is 2.26. The van der Waals surface area contributed by atoms with Crippen molar-refractivity contribution in [3.63, 3.8) is 0 Å². The Kier molecular flexibility index (Phi) is 6.81. The summed E-state index contributed by atoms with van der Waals surface area (Å²) in [6.45, 7) is 4.41. The molecule has 3 aromatic carbocycles. The maximum atomic E-state index is 13.0. The molecular weight excluding hydrogens is 450 g/mol. The molecule has 0 aliphatic carbocycles. The molecule has 7 nitrogen and oxygen atoms in total. The minimum Gasteiger partial charge on any atom is -0.326 e. The summed E-state index contributed by atoms with van der Waals surface area (Å²) in [5.74, 6) is -0.202. The lowest BCUT2D eigenvalue weighted by atomic mass is 10.1. The van der Waals surface area contributed by atoms with Gasteiger partial charge in [0.05, 0.1) is 4.90 Å². The molecule has 34 heavy (non-hydrogen) atoms. The molecule has 0 aromatic heterocycles. The average Bonchev–Trinajstić information content (AvgIpc) is 3.26. The second-order valence-corrected chi connectivity index (χ2v) is 10.1. The van der Waals surface area contributed by atoms with Crippen LogP contribution in [0.15, 0.2) is 71.6 Å². The number of hydrogen-bond donors (Lipinski definition) is 2. The molecule has 0 saturated carbocycles. The summed E-state index contributed by atoms with van der Waals surface area (Å²) in [5, 5.41) is 2.69. The number of nitrogens with one attached hydrogen (secondary N) is 2. The molecular formula is C26H27N3O4S. The molecule has 1 aliphatic heterocycles. The van der Waals surface area contributed by atoms with Gasteiger partial charge >= 0.3 is 0 Å². The van der Waals surface area contributed by atoms with E-state index in [1.807, 2.05) is 49.4 Å². The van der Waals surface area contributed by atoms with Gasteiger partial charge in [0.2, 0.25) is 15.9 Å². The van der Waals surface area contributed by atoms with Gasteiger partial charge in [-0.15, -0.1) is 0 Å². The lowest BCUT2D eigenvalue weighted by molar-refractivity contribution is -0.115. The number of nitrogens with zero attached hydrogens (tertiary/aromatic N) is 1. The predicted octanol–water partition coefficient (Wildman–Crippen LogP) is 4.02. The van der Waals surface area contributed by atoms with Crippen LogP contribution in [0.2, 0.25) is 0 Å². The molecule has 0 spiro atoms. The maximum Gasteiger partial charge on any atom is 0.258 e. The van der Waals surface area contributed by atoms with Crippen molar-refractivity contribution in [2.24, 2.45) is 0 Å². The van der Waals surface area contributed by atoms with E-state index < -0.39 is 10.0 Å². The van der Waals surface area contributed by atoms with Crippen LogP contribution in [-0.2, 0) is 27.8 Å².